The predicted molar refractivity (Wildman–Crippen MR) is 169 cm³/mol. The molecule has 4 aliphatic heterocycles. The molecule has 11 heteroatoms. The molecule has 0 aromatic heterocycles. The highest BCUT2D eigenvalue weighted by Gasteiger charge is 2.38. The molecule has 2 aromatic carbocycles. The first-order valence-corrected chi connectivity index (χ1v) is 16.8. The van der Waals surface area contributed by atoms with Gasteiger partial charge in [0.2, 0.25) is 11.8 Å². The molecule has 6 rings (SSSR count). The van der Waals surface area contributed by atoms with Crippen LogP contribution in [0.5, 0.6) is 0 Å². The maximum Gasteiger partial charge on any atom is 0.416 e. The number of fused-ring (bicyclic) bond motifs is 1. The molecule has 8 nitrogen and oxygen atoms in total. The topological polar surface area (TPSA) is 76.2 Å². The summed E-state index contributed by atoms with van der Waals surface area (Å²) in [7, 11) is 0. The van der Waals surface area contributed by atoms with Crippen molar-refractivity contribution in [3.05, 3.63) is 65.2 Å². The number of nitrogens with one attached hydrogen (secondary N) is 1. The van der Waals surface area contributed by atoms with Crippen molar-refractivity contribution in [3.63, 3.8) is 0 Å². The quantitative estimate of drug-likeness (QED) is 0.418. The van der Waals surface area contributed by atoms with Gasteiger partial charge in [-0.2, -0.15) is 13.2 Å². The number of amides is 4. The normalized spacial score (nSPS) is 21.1. The molecule has 4 amide bonds. The molecule has 1 N–H and O–H groups in total. The molecule has 2 aromatic rings. The average molecular weight is 640 g/mol. The Labute approximate surface area is 268 Å². The SMILES string of the molecule is O=C(CC(Cc1ccccc1C(F)(F)F)C(=O)N1CCC(N2CCCCC2)CC1)N1CCC(N2Cc3ccccc3NC2=O)CC1. The maximum absolute atomic E-state index is 14.0. The van der Waals surface area contributed by atoms with Crippen molar-refractivity contribution >= 4 is 23.5 Å². The van der Waals surface area contributed by atoms with E-state index in [0.717, 1.165) is 43.2 Å². The van der Waals surface area contributed by atoms with Gasteiger partial charge in [-0.3, -0.25) is 9.59 Å². The number of anilines is 1. The van der Waals surface area contributed by atoms with Crippen LogP contribution in [0.1, 0.15) is 68.1 Å². The third-order valence-electron chi connectivity index (χ3n) is 10.4. The number of para-hydroxylation sites is 1. The first kappa shape index (κ1) is 32.3. The molecule has 0 saturated carbocycles. The van der Waals surface area contributed by atoms with Gasteiger partial charge in [-0.25, -0.2) is 4.79 Å². The van der Waals surface area contributed by atoms with Gasteiger partial charge in [0, 0.05) is 56.9 Å². The number of carbonyl (C=O) groups excluding carboxylic acids is 3. The van der Waals surface area contributed by atoms with Crippen LogP contribution in [0.15, 0.2) is 48.5 Å². The average Bonchev–Trinajstić information content (AvgIpc) is 3.07. The number of carbonyl (C=O) groups is 3. The number of nitrogens with zero attached hydrogens (tertiary/aromatic N) is 4. The Balaban J connectivity index is 1.11. The number of alkyl halides is 3. The Bertz CT molecular complexity index is 1400. The number of hydrogen-bond acceptors (Lipinski definition) is 4. The Morgan fingerprint density at radius 1 is 0.804 bits per heavy atom. The van der Waals surface area contributed by atoms with Gasteiger partial charge in [0.25, 0.3) is 0 Å². The number of benzene rings is 2. The number of hydrogen-bond donors (Lipinski definition) is 1. The lowest BCUT2D eigenvalue weighted by Gasteiger charge is -2.41. The van der Waals surface area contributed by atoms with Crippen LogP contribution >= 0.6 is 0 Å². The van der Waals surface area contributed by atoms with Crippen molar-refractivity contribution < 1.29 is 27.6 Å². The van der Waals surface area contributed by atoms with Crippen molar-refractivity contribution in [2.45, 2.75) is 82.6 Å². The molecule has 4 aliphatic rings. The van der Waals surface area contributed by atoms with Crippen LogP contribution in [-0.2, 0) is 28.7 Å². The lowest BCUT2D eigenvalue weighted by Crippen LogP contribution is -2.52. The highest BCUT2D eigenvalue weighted by molar-refractivity contribution is 5.92. The van der Waals surface area contributed by atoms with Crippen LogP contribution in [0.4, 0.5) is 23.7 Å². The highest BCUT2D eigenvalue weighted by Crippen LogP contribution is 2.34. The molecule has 4 heterocycles. The minimum absolute atomic E-state index is 0.0327. The minimum Gasteiger partial charge on any atom is -0.343 e. The summed E-state index contributed by atoms with van der Waals surface area (Å²) in [5.41, 5.74) is 1.14. The van der Waals surface area contributed by atoms with Crippen molar-refractivity contribution in [1.82, 2.24) is 19.6 Å². The number of halogens is 3. The second kappa shape index (κ2) is 14.0. The second-order valence-corrected chi connectivity index (χ2v) is 13.2. The molecule has 0 radical (unpaired) electrons. The monoisotopic (exact) mass is 639 g/mol. The van der Waals surface area contributed by atoms with E-state index in [0.29, 0.717) is 51.6 Å². The van der Waals surface area contributed by atoms with Gasteiger partial charge in [-0.1, -0.05) is 42.8 Å². The van der Waals surface area contributed by atoms with E-state index in [1.165, 1.54) is 31.4 Å². The fourth-order valence-electron chi connectivity index (χ4n) is 7.76. The standard InChI is InChI=1S/C35H44F3N5O3/c36-35(37,38)30-10-4-2-8-25(30)22-27(33(45)42-20-12-28(13-21-42)40-16-6-1-7-17-40)23-32(44)41-18-14-29(15-19-41)43-24-26-9-3-5-11-31(26)39-34(43)46/h2-5,8-11,27-29H,1,6-7,12-24H2,(H,39,46). The van der Waals surface area contributed by atoms with Crippen molar-refractivity contribution in [1.29, 1.82) is 0 Å². The smallest absolute Gasteiger partial charge is 0.343 e. The van der Waals surface area contributed by atoms with E-state index in [4.69, 9.17) is 0 Å². The van der Waals surface area contributed by atoms with Gasteiger partial charge >= 0.3 is 12.2 Å². The van der Waals surface area contributed by atoms with Crippen LogP contribution in [0, 0.1) is 5.92 Å². The number of urea groups is 1. The van der Waals surface area contributed by atoms with Gasteiger partial charge < -0.3 is 24.9 Å². The van der Waals surface area contributed by atoms with Crippen molar-refractivity contribution in [2.75, 3.05) is 44.6 Å². The molecular weight excluding hydrogens is 595 g/mol. The summed E-state index contributed by atoms with van der Waals surface area (Å²) in [6.45, 7) is 4.62. The van der Waals surface area contributed by atoms with Crippen LogP contribution < -0.4 is 5.32 Å². The first-order chi connectivity index (χ1) is 22.2. The summed E-state index contributed by atoms with van der Waals surface area (Å²) in [6.07, 6.45) is 1.68. The van der Waals surface area contributed by atoms with Gasteiger partial charge in [0.05, 0.1) is 11.5 Å². The predicted octanol–water partition coefficient (Wildman–Crippen LogP) is 5.77. The summed E-state index contributed by atoms with van der Waals surface area (Å²) >= 11 is 0. The third-order valence-corrected chi connectivity index (χ3v) is 10.4. The van der Waals surface area contributed by atoms with Crippen molar-refractivity contribution in [3.8, 4) is 0 Å². The number of rotatable bonds is 7. The van der Waals surface area contributed by atoms with E-state index in [9.17, 15) is 27.6 Å². The van der Waals surface area contributed by atoms with Gasteiger partial charge in [0.1, 0.15) is 0 Å². The molecule has 248 valence electrons. The molecule has 1 atom stereocenters. The van der Waals surface area contributed by atoms with Gasteiger partial charge in [-0.05, 0) is 81.3 Å². The largest absolute Gasteiger partial charge is 0.416 e. The minimum atomic E-state index is -4.55. The number of piperidine rings is 3. The zero-order chi connectivity index (χ0) is 32.3. The zero-order valence-electron chi connectivity index (χ0n) is 26.3. The van der Waals surface area contributed by atoms with Gasteiger partial charge in [-0.15, -0.1) is 0 Å². The van der Waals surface area contributed by atoms with E-state index in [-0.39, 0.29) is 42.3 Å². The molecule has 3 fully saturated rings. The van der Waals surface area contributed by atoms with E-state index >= 15 is 0 Å². The Morgan fingerprint density at radius 3 is 2.15 bits per heavy atom. The lowest BCUT2D eigenvalue weighted by molar-refractivity contribution is -0.143. The van der Waals surface area contributed by atoms with Crippen LogP contribution in [0.25, 0.3) is 0 Å². The van der Waals surface area contributed by atoms with Crippen LogP contribution in [0.3, 0.4) is 0 Å². The fraction of sp³-hybridized carbons (Fsp3) is 0.571. The molecule has 0 aliphatic carbocycles. The summed E-state index contributed by atoms with van der Waals surface area (Å²) in [4.78, 5) is 48.3. The Kier molecular flexibility index (Phi) is 9.86. The van der Waals surface area contributed by atoms with E-state index < -0.39 is 17.7 Å². The summed E-state index contributed by atoms with van der Waals surface area (Å²) in [5.74, 6) is -1.34. The lowest BCUT2D eigenvalue weighted by atomic mass is 9.90. The fourth-order valence-corrected chi connectivity index (χ4v) is 7.76. The molecule has 0 bridgehead atoms. The van der Waals surface area contributed by atoms with Crippen LogP contribution in [0.2, 0.25) is 0 Å². The Hall–Kier alpha value is -3.60. The summed E-state index contributed by atoms with van der Waals surface area (Å²) in [5, 5.41) is 2.95. The summed E-state index contributed by atoms with van der Waals surface area (Å²) < 4.78 is 41.8. The molecule has 46 heavy (non-hydrogen) atoms. The third kappa shape index (κ3) is 7.35. The van der Waals surface area contributed by atoms with E-state index in [2.05, 4.69) is 10.2 Å². The van der Waals surface area contributed by atoms with E-state index in [1.807, 2.05) is 29.2 Å². The first-order valence-electron chi connectivity index (χ1n) is 16.8. The Morgan fingerprint density at radius 2 is 1.43 bits per heavy atom. The second-order valence-electron chi connectivity index (χ2n) is 13.2. The zero-order valence-corrected chi connectivity index (χ0v) is 26.3. The summed E-state index contributed by atoms with van der Waals surface area (Å²) in [6, 6.07) is 13.3. The maximum atomic E-state index is 14.0. The van der Waals surface area contributed by atoms with E-state index in [1.54, 1.807) is 15.9 Å². The number of likely N-dealkylation sites (tertiary alicyclic amines) is 3. The molecule has 3 saturated heterocycles. The molecule has 1 unspecified atom stereocenters. The van der Waals surface area contributed by atoms with Gasteiger partial charge in [0.15, 0.2) is 0 Å². The van der Waals surface area contributed by atoms with Crippen LogP contribution in [-0.4, -0.2) is 88.8 Å². The molecular formula is C35H44F3N5O3. The molecule has 0 spiro atoms. The highest BCUT2D eigenvalue weighted by atomic mass is 19.4. The van der Waals surface area contributed by atoms with Crippen molar-refractivity contribution in [2.24, 2.45) is 5.92 Å².